The second-order valence-corrected chi connectivity index (χ2v) is 7.99. The van der Waals surface area contributed by atoms with E-state index in [0.29, 0.717) is 27.9 Å². The molecule has 4 rings (SSSR count). The predicted molar refractivity (Wildman–Crippen MR) is 124 cm³/mol. The summed E-state index contributed by atoms with van der Waals surface area (Å²) in [4.78, 5) is 24.9. The van der Waals surface area contributed by atoms with Gasteiger partial charge in [-0.1, -0.05) is 41.9 Å². The molecule has 1 aliphatic rings. The van der Waals surface area contributed by atoms with Crippen LogP contribution < -0.4 is 20.1 Å². The molecule has 7 heteroatoms. The highest BCUT2D eigenvalue weighted by Gasteiger charge is 2.43. The highest BCUT2D eigenvalue weighted by atomic mass is 35.5. The highest BCUT2D eigenvalue weighted by molar-refractivity contribution is 6.30. The van der Waals surface area contributed by atoms with Crippen LogP contribution in [0.1, 0.15) is 17.9 Å². The van der Waals surface area contributed by atoms with Gasteiger partial charge in [-0.3, -0.25) is 9.59 Å². The lowest BCUT2D eigenvalue weighted by Gasteiger charge is -2.11. The summed E-state index contributed by atoms with van der Waals surface area (Å²) in [6.45, 7) is -0.165. The first kappa shape index (κ1) is 21.7. The summed E-state index contributed by atoms with van der Waals surface area (Å²) in [5.41, 5.74) is 2.31. The fraction of sp³-hybridized carbons (Fsp3) is 0.200. The zero-order valence-corrected chi connectivity index (χ0v) is 18.3. The van der Waals surface area contributed by atoms with Gasteiger partial charge in [0.15, 0.2) is 18.1 Å². The maximum atomic E-state index is 12.6. The number of hydrogen-bond donors (Lipinski definition) is 2. The van der Waals surface area contributed by atoms with Crippen LogP contribution in [0, 0.1) is 5.92 Å². The van der Waals surface area contributed by atoms with Crippen molar-refractivity contribution < 1.29 is 19.1 Å². The minimum absolute atomic E-state index is 0.0343. The summed E-state index contributed by atoms with van der Waals surface area (Å²) < 4.78 is 10.8. The van der Waals surface area contributed by atoms with Crippen molar-refractivity contribution in [2.75, 3.05) is 24.4 Å². The van der Waals surface area contributed by atoms with Crippen LogP contribution in [0.5, 0.6) is 11.5 Å². The number of para-hydroxylation sites is 2. The number of rotatable bonds is 8. The summed E-state index contributed by atoms with van der Waals surface area (Å²) in [7, 11) is 1.54. The largest absolute Gasteiger partial charge is 0.493 e. The number of carbonyl (C=O) groups excluding carboxylic acids is 2. The second kappa shape index (κ2) is 9.75. The van der Waals surface area contributed by atoms with E-state index in [4.69, 9.17) is 21.1 Å². The number of halogens is 1. The SMILES string of the molecule is COc1ccccc1OCC(=O)Nc1cccc(NC(=O)C2CC2c2ccc(Cl)cc2)c1. The topological polar surface area (TPSA) is 76.7 Å². The van der Waals surface area contributed by atoms with Crippen molar-refractivity contribution in [3.05, 3.63) is 83.4 Å². The Morgan fingerprint density at radius 1 is 0.938 bits per heavy atom. The monoisotopic (exact) mass is 450 g/mol. The molecular formula is C25H23ClN2O4. The van der Waals surface area contributed by atoms with Crippen molar-refractivity contribution >= 4 is 34.8 Å². The van der Waals surface area contributed by atoms with Crippen molar-refractivity contribution in [3.8, 4) is 11.5 Å². The molecule has 3 aromatic carbocycles. The molecule has 0 saturated heterocycles. The van der Waals surface area contributed by atoms with E-state index in [1.165, 1.54) is 0 Å². The molecule has 1 aliphatic carbocycles. The lowest BCUT2D eigenvalue weighted by Crippen LogP contribution is -2.20. The second-order valence-electron chi connectivity index (χ2n) is 7.56. The molecule has 0 bridgehead atoms. The molecule has 2 N–H and O–H groups in total. The number of benzene rings is 3. The Morgan fingerprint density at radius 2 is 1.62 bits per heavy atom. The maximum absolute atomic E-state index is 12.6. The Morgan fingerprint density at radius 3 is 2.34 bits per heavy atom. The Hall–Kier alpha value is -3.51. The van der Waals surface area contributed by atoms with Gasteiger partial charge in [0.2, 0.25) is 5.91 Å². The number of hydrogen-bond acceptors (Lipinski definition) is 4. The normalized spacial score (nSPS) is 16.7. The van der Waals surface area contributed by atoms with Crippen LogP contribution in [0.25, 0.3) is 0 Å². The van der Waals surface area contributed by atoms with E-state index < -0.39 is 0 Å². The average Bonchev–Trinajstić information content (AvgIpc) is 3.60. The van der Waals surface area contributed by atoms with Crippen LogP contribution in [0.4, 0.5) is 11.4 Å². The Bertz CT molecular complexity index is 1120. The molecule has 32 heavy (non-hydrogen) atoms. The van der Waals surface area contributed by atoms with E-state index in [9.17, 15) is 9.59 Å². The zero-order chi connectivity index (χ0) is 22.5. The van der Waals surface area contributed by atoms with Crippen molar-refractivity contribution in [1.29, 1.82) is 0 Å². The number of methoxy groups -OCH3 is 1. The van der Waals surface area contributed by atoms with E-state index in [0.717, 1.165) is 12.0 Å². The van der Waals surface area contributed by atoms with Crippen LogP contribution >= 0.6 is 11.6 Å². The van der Waals surface area contributed by atoms with Crippen molar-refractivity contribution in [1.82, 2.24) is 0 Å². The van der Waals surface area contributed by atoms with Gasteiger partial charge in [0.05, 0.1) is 7.11 Å². The van der Waals surface area contributed by atoms with E-state index in [1.54, 1.807) is 49.6 Å². The molecule has 0 heterocycles. The van der Waals surface area contributed by atoms with Crippen LogP contribution in [0.2, 0.25) is 5.02 Å². The predicted octanol–water partition coefficient (Wildman–Crippen LogP) is 5.11. The van der Waals surface area contributed by atoms with E-state index >= 15 is 0 Å². The number of anilines is 2. The zero-order valence-electron chi connectivity index (χ0n) is 17.5. The van der Waals surface area contributed by atoms with E-state index in [1.807, 2.05) is 30.3 Å². The average molecular weight is 451 g/mol. The third-order valence-corrected chi connectivity index (χ3v) is 5.52. The molecule has 6 nitrogen and oxygen atoms in total. The molecule has 164 valence electrons. The fourth-order valence-electron chi connectivity index (χ4n) is 3.55. The minimum atomic E-state index is -0.315. The Balaban J connectivity index is 1.30. The smallest absolute Gasteiger partial charge is 0.262 e. The maximum Gasteiger partial charge on any atom is 0.262 e. The van der Waals surface area contributed by atoms with Crippen molar-refractivity contribution in [2.24, 2.45) is 5.92 Å². The minimum Gasteiger partial charge on any atom is -0.493 e. The molecule has 1 saturated carbocycles. The van der Waals surface area contributed by atoms with Gasteiger partial charge in [0, 0.05) is 22.3 Å². The molecule has 2 amide bonds. The quantitative estimate of drug-likeness (QED) is 0.500. The molecule has 0 aliphatic heterocycles. The van der Waals surface area contributed by atoms with Gasteiger partial charge < -0.3 is 20.1 Å². The molecular weight excluding hydrogens is 428 g/mol. The van der Waals surface area contributed by atoms with Gasteiger partial charge in [0.25, 0.3) is 5.91 Å². The van der Waals surface area contributed by atoms with Gasteiger partial charge in [0.1, 0.15) is 0 Å². The molecule has 3 aromatic rings. The van der Waals surface area contributed by atoms with Crippen LogP contribution in [0.15, 0.2) is 72.8 Å². The summed E-state index contributed by atoms with van der Waals surface area (Å²) in [5, 5.41) is 6.40. The standard InChI is InChI=1S/C25H23ClN2O4/c1-31-22-7-2-3-8-23(22)32-15-24(29)27-18-5-4-6-19(13-18)28-25(30)21-14-20(21)16-9-11-17(26)12-10-16/h2-13,20-21H,14-15H2,1H3,(H,27,29)(H,28,30). The molecule has 0 spiro atoms. The third kappa shape index (κ3) is 5.39. The van der Waals surface area contributed by atoms with Crippen LogP contribution in [-0.4, -0.2) is 25.5 Å². The number of amides is 2. The molecule has 2 unspecified atom stereocenters. The molecule has 0 aromatic heterocycles. The molecule has 2 atom stereocenters. The Kier molecular flexibility index (Phi) is 6.61. The number of carbonyl (C=O) groups is 2. The number of ether oxygens (including phenoxy) is 2. The summed E-state index contributed by atoms with van der Waals surface area (Å²) >= 11 is 5.94. The van der Waals surface area contributed by atoms with E-state index in [-0.39, 0.29) is 30.3 Å². The molecule has 0 radical (unpaired) electrons. The first-order valence-corrected chi connectivity index (χ1v) is 10.6. The fourth-order valence-corrected chi connectivity index (χ4v) is 3.68. The summed E-state index contributed by atoms with van der Waals surface area (Å²) in [6.07, 6.45) is 0.810. The summed E-state index contributed by atoms with van der Waals surface area (Å²) in [5.74, 6) is 0.844. The third-order valence-electron chi connectivity index (χ3n) is 5.27. The van der Waals surface area contributed by atoms with Gasteiger partial charge in [-0.15, -0.1) is 0 Å². The lowest BCUT2D eigenvalue weighted by molar-refractivity contribution is -0.118. The van der Waals surface area contributed by atoms with Crippen molar-refractivity contribution in [2.45, 2.75) is 12.3 Å². The number of nitrogens with one attached hydrogen (secondary N) is 2. The van der Waals surface area contributed by atoms with Crippen molar-refractivity contribution in [3.63, 3.8) is 0 Å². The van der Waals surface area contributed by atoms with Crippen LogP contribution in [-0.2, 0) is 9.59 Å². The van der Waals surface area contributed by atoms with E-state index in [2.05, 4.69) is 10.6 Å². The summed E-state index contributed by atoms with van der Waals surface area (Å²) in [6, 6.07) is 21.8. The first-order valence-electron chi connectivity index (χ1n) is 10.3. The molecule has 1 fully saturated rings. The lowest BCUT2D eigenvalue weighted by atomic mass is 10.1. The van der Waals surface area contributed by atoms with Gasteiger partial charge >= 0.3 is 0 Å². The highest BCUT2D eigenvalue weighted by Crippen LogP contribution is 2.48. The van der Waals surface area contributed by atoms with Gasteiger partial charge in [-0.25, -0.2) is 0 Å². The van der Waals surface area contributed by atoms with Crippen LogP contribution in [0.3, 0.4) is 0 Å². The van der Waals surface area contributed by atoms with Gasteiger partial charge in [-0.05, 0) is 60.4 Å². The Labute approximate surface area is 191 Å². The van der Waals surface area contributed by atoms with Gasteiger partial charge in [-0.2, -0.15) is 0 Å². The first-order chi connectivity index (χ1) is 15.5.